The standard InChI is InChI=1S/C18H17NO/c1-2-3-8-18(20)19-15-9-10-17-14(12-15)11-13-6-4-5-7-16(13)17/h2,4-7,9-10,12H,1,3,8,11H2,(H,19,20). The Hall–Kier alpha value is -2.35. The number of carbonyl (C=O) groups excluding carboxylic acids is 1. The molecule has 1 aliphatic rings. The molecule has 0 aromatic heterocycles. The molecule has 0 unspecified atom stereocenters. The Balaban J connectivity index is 1.80. The summed E-state index contributed by atoms with van der Waals surface area (Å²) in [7, 11) is 0. The molecule has 1 N–H and O–H groups in total. The van der Waals surface area contributed by atoms with E-state index in [1.54, 1.807) is 6.08 Å². The van der Waals surface area contributed by atoms with Crippen LogP contribution in [0.4, 0.5) is 5.69 Å². The Kier molecular flexibility index (Phi) is 3.38. The number of amides is 1. The summed E-state index contributed by atoms with van der Waals surface area (Å²) in [5.41, 5.74) is 6.12. The van der Waals surface area contributed by atoms with Crippen molar-refractivity contribution in [2.45, 2.75) is 19.3 Å². The molecule has 1 amide bonds. The summed E-state index contributed by atoms with van der Waals surface area (Å²) in [6.45, 7) is 3.63. The van der Waals surface area contributed by atoms with E-state index in [2.05, 4.69) is 48.3 Å². The highest BCUT2D eigenvalue weighted by molar-refractivity contribution is 5.91. The molecular weight excluding hydrogens is 246 g/mol. The van der Waals surface area contributed by atoms with Gasteiger partial charge in [-0.05, 0) is 47.2 Å². The molecule has 0 heterocycles. The maximum Gasteiger partial charge on any atom is 0.224 e. The minimum atomic E-state index is 0.0420. The Morgan fingerprint density at radius 2 is 1.95 bits per heavy atom. The lowest BCUT2D eigenvalue weighted by molar-refractivity contribution is -0.116. The first kappa shape index (κ1) is 12.7. The molecular formula is C18H17NO. The van der Waals surface area contributed by atoms with Crippen LogP contribution in [0.1, 0.15) is 24.0 Å². The zero-order valence-corrected chi connectivity index (χ0v) is 11.4. The lowest BCUT2D eigenvalue weighted by atomic mass is 10.1. The highest BCUT2D eigenvalue weighted by atomic mass is 16.1. The Bertz CT molecular complexity index is 673. The van der Waals surface area contributed by atoms with Gasteiger partial charge in [0.2, 0.25) is 5.91 Å². The lowest BCUT2D eigenvalue weighted by Gasteiger charge is -2.07. The average Bonchev–Trinajstić information content (AvgIpc) is 2.82. The van der Waals surface area contributed by atoms with Crippen LogP contribution in [-0.4, -0.2) is 5.91 Å². The number of benzene rings is 2. The van der Waals surface area contributed by atoms with Crippen molar-refractivity contribution in [1.82, 2.24) is 0 Å². The van der Waals surface area contributed by atoms with Crippen LogP contribution in [0.3, 0.4) is 0 Å². The second-order valence-corrected chi connectivity index (χ2v) is 5.08. The molecule has 0 fully saturated rings. The van der Waals surface area contributed by atoms with Crippen LogP contribution in [-0.2, 0) is 11.2 Å². The van der Waals surface area contributed by atoms with Gasteiger partial charge in [-0.1, -0.05) is 36.4 Å². The molecule has 100 valence electrons. The second kappa shape index (κ2) is 5.33. The first-order chi connectivity index (χ1) is 9.78. The van der Waals surface area contributed by atoms with Crippen molar-refractivity contribution >= 4 is 11.6 Å². The predicted octanol–water partition coefficient (Wildman–Crippen LogP) is 4.16. The van der Waals surface area contributed by atoms with Crippen molar-refractivity contribution < 1.29 is 4.79 Å². The summed E-state index contributed by atoms with van der Waals surface area (Å²) in [6, 6.07) is 14.6. The summed E-state index contributed by atoms with van der Waals surface area (Å²) >= 11 is 0. The fraction of sp³-hybridized carbons (Fsp3) is 0.167. The molecule has 0 saturated heterocycles. The number of fused-ring (bicyclic) bond motifs is 3. The fourth-order valence-corrected chi connectivity index (χ4v) is 2.68. The van der Waals surface area contributed by atoms with Gasteiger partial charge in [0.15, 0.2) is 0 Å². The van der Waals surface area contributed by atoms with Gasteiger partial charge in [0.1, 0.15) is 0 Å². The molecule has 0 saturated carbocycles. The molecule has 2 heteroatoms. The summed E-state index contributed by atoms with van der Waals surface area (Å²) in [4.78, 5) is 11.7. The molecule has 2 aromatic carbocycles. The third kappa shape index (κ3) is 2.37. The Labute approximate surface area is 119 Å². The number of rotatable bonds is 4. The topological polar surface area (TPSA) is 29.1 Å². The molecule has 20 heavy (non-hydrogen) atoms. The minimum Gasteiger partial charge on any atom is -0.326 e. The fourth-order valence-electron chi connectivity index (χ4n) is 2.68. The first-order valence-electron chi connectivity index (χ1n) is 6.90. The van der Waals surface area contributed by atoms with Gasteiger partial charge in [0.25, 0.3) is 0 Å². The van der Waals surface area contributed by atoms with Gasteiger partial charge in [-0.2, -0.15) is 0 Å². The molecule has 2 aromatic rings. The van der Waals surface area contributed by atoms with Gasteiger partial charge in [-0.3, -0.25) is 4.79 Å². The number of hydrogen-bond acceptors (Lipinski definition) is 1. The molecule has 3 rings (SSSR count). The van der Waals surface area contributed by atoms with Gasteiger partial charge in [0, 0.05) is 12.1 Å². The van der Waals surface area contributed by atoms with E-state index in [1.165, 1.54) is 22.3 Å². The molecule has 0 radical (unpaired) electrons. The predicted molar refractivity (Wildman–Crippen MR) is 82.7 cm³/mol. The van der Waals surface area contributed by atoms with Crippen LogP contribution in [0.5, 0.6) is 0 Å². The third-order valence-electron chi connectivity index (χ3n) is 3.65. The van der Waals surface area contributed by atoms with Crippen LogP contribution in [0.2, 0.25) is 0 Å². The van der Waals surface area contributed by atoms with E-state index in [-0.39, 0.29) is 5.91 Å². The zero-order valence-electron chi connectivity index (χ0n) is 11.4. The first-order valence-corrected chi connectivity index (χ1v) is 6.90. The number of anilines is 1. The highest BCUT2D eigenvalue weighted by Crippen LogP contribution is 2.37. The summed E-state index contributed by atoms with van der Waals surface area (Å²) in [5, 5.41) is 2.95. The third-order valence-corrected chi connectivity index (χ3v) is 3.65. The summed E-state index contributed by atoms with van der Waals surface area (Å²) in [6.07, 6.45) is 3.91. The molecule has 0 bridgehead atoms. The molecule has 0 aliphatic heterocycles. The average molecular weight is 263 g/mol. The van der Waals surface area contributed by atoms with Crippen molar-refractivity contribution in [1.29, 1.82) is 0 Å². The molecule has 1 aliphatic carbocycles. The normalized spacial score (nSPS) is 11.6. The van der Waals surface area contributed by atoms with E-state index in [0.717, 1.165) is 12.1 Å². The largest absolute Gasteiger partial charge is 0.326 e. The molecule has 0 atom stereocenters. The van der Waals surface area contributed by atoms with E-state index in [4.69, 9.17) is 0 Å². The Morgan fingerprint density at radius 1 is 1.15 bits per heavy atom. The van der Waals surface area contributed by atoms with E-state index < -0.39 is 0 Å². The second-order valence-electron chi connectivity index (χ2n) is 5.08. The van der Waals surface area contributed by atoms with Gasteiger partial charge in [-0.25, -0.2) is 0 Å². The van der Waals surface area contributed by atoms with Crippen molar-refractivity contribution in [3.05, 3.63) is 66.2 Å². The highest BCUT2D eigenvalue weighted by Gasteiger charge is 2.17. The lowest BCUT2D eigenvalue weighted by Crippen LogP contribution is -2.10. The van der Waals surface area contributed by atoms with Gasteiger partial charge < -0.3 is 5.32 Å². The monoisotopic (exact) mass is 263 g/mol. The van der Waals surface area contributed by atoms with Crippen LogP contribution < -0.4 is 5.32 Å². The number of hydrogen-bond donors (Lipinski definition) is 1. The van der Waals surface area contributed by atoms with E-state index in [0.29, 0.717) is 12.8 Å². The van der Waals surface area contributed by atoms with Crippen LogP contribution in [0.15, 0.2) is 55.1 Å². The zero-order chi connectivity index (χ0) is 13.9. The smallest absolute Gasteiger partial charge is 0.224 e. The van der Waals surface area contributed by atoms with Crippen LogP contribution in [0, 0.1) is 0 Å². The van der Waals surface area contributed by atoms with Crippen LogP contribution in [0.25, 0.3) is 11.1 Å². The maximum absolute atomic E-state index is 11.7. The maximum atomic E-state index is 11.7. The van der Waals surface area contributed by atoms with Crippen molar-refractivity contribution in [2.75, 3.05) is 5.32 Å². The van der Waals surface area contributed by atoms with E-state index in [1.807, 2.05) is 6.07 Å². The SMILES string of the molecule is C=CCCC(=O)Nc1ccc2c(c1)Cc1ccccc1-2. The van der Waals surface area contributed by atoms with Crippen molar-refractivity contribution in [3.63, 3.8) is 0 Å². The van der Waals surface area contributed by atoms with Crippen molar-refractivity contribution in [3.8, 4) is 11.1 Å². The number of nitrogens with one attached hydrogen (secondary N) is 1. The van der Waals surface area contributed by atoms with E-state index in [9.17, 15) is 4.79 Å². The van der Waals surface area contributed by atoms with Gasteiger partial charge >= 0.3 is 0 Å². The molecule has 0 spiro atoms. The van der Waals surface area contributed by atoms with Crippen molar-refractivity contribution in [2.24, 2.45) is 0 Å². The van der Waals surface area contributed by atoms with Gasteiger partial charge in [0.05, 0.1) is 0 Å². The van der Waals surface area contributed by atoms with Crippen LogP contribution >= 0.6 is 0 Å². The Morgan fingerprint density at radius 3 is 2.80 bits per heavy atom. The number of carbonyl (C=O) groups is 1. The summed E-state index contributed by atoms with van der Waals surface area (Å²) in [5.74, 6) is 0.0420. The van der Waals surface area contributed by atoms with E-state index >= 15 is 0 Å². The molecule has 2 nitrogen and oxygen atoms in total. The van der Waals surface area contributed by atoms with Gasteiger partial charge in [-0.15, -0.1) is 6.58 Å². The number of allylic oxidation sites excluding steroid dienone is 1. The minimum absolute atomic E-state index is 0.0420. The quantitative estimate of drug-likeness (QED) is 0.703. The summed E-state index contributed by atoms with van der Waals surface area (Å²) < 4.78 is 0.